The molecule has 3 heteroatoms. The summed E-state index contributed by atoms with van der Waals surface area (Å²) in [5.41, 5.74) is 6.72. The second-order valence-corrected chi connectivity index (χ2v) is 3.89. The van der Waals surface area contributed by atoms with Crippen LogP contribution in [0.4, 0.5) is 5.69 Å². The normalized spacial score (nSPS) is 12.3. The molecule has 1 unspecified atom stereocenters. The summed E-state index contributed by atoms with van der Waals surface area (Å²) in [5.74, 6) is 1.39. The molecule has 0 saturated carbocycles. The molecule has 0 aliphatic heterocycles. The Balaban J connectivity index is 2.76. The van der Waals surface area contributed by atoms with Gasteiger partial charge in [-0.25, -0.2) is 0 Å². The molecule has 2 N–H and O–H groups in total. The van der Waals surface area contributed by atoms with E-state index in [1.165, 1.54) is 0 Å². The molecule has 0 spiro atoms. The smallest absolute Gasteiger partial charge is 0.142 e. The molecule has 1 atom stereocenters. The van der Waals surface area contributed by atoms with Crippen LogP contribution < -0.4 is 15.4 Å². The summed E-state index contributed by atoms with van der Waals surface area (Å²) in [5, 5.41) is 0. The average molecular weight is 208 g/mol. The lowest BCUT2D eigenvalue weighted by Gasteiger charge is -2.24. The molecule has 0 saturated heterocycles. The lowest BCUT2D eigenvalue weighted by molar-refractivity contribution is 0.414. The van der Waals surface area contributed by atoms with Gasteiger partial charge >= 0.3 is 0 Å². The average Bonchev–Trinajstić information content (AvgIpc) is 2.28. The van der Waals surface area contributed by atoms with Crippen LogP contribution in [0.3, 0.4) is 0 Å². The van der Waals surface area contributed by atoms with Gasteiger partial charge in [0, 0.05) is 13.6 Å². The van der Waals surface area contributed by atoms with Crippen LogP contribution >= 0.6 is 0 Å². The van der Waals surface area contributed by atoms with E-state index in [1.807, 2.05) is 18.2 Å². The van der Waals surface area contributed by atoms with Crippen molar-refractivity contribution in [2.24, 2.45) is 11.7 Å². The highest BCUT2D eigenvalue weighted by Gasteiger charge is 2.09. The fourth-order valence-electron chi connectivity index (χ4n) is 1.59. The number of rotatable bonds is 5. The van der Waals surface area contributed by atoms with Crippen molar-refractivity contribution in [3.8, 4) is 5.75 Å². The van der Waals surface area contributed by atoms with Crippen molar-refractivity contribution >= 4 is 5.69 Å². The molecule has 0 bridgehead atoms. The van der Waals surface area contributed by atoms with E-state index in [2.05, 4.69) is 24.9 Å². The van der Waals surface area contributed by atoms with Gasteiger partial charge in [0.25, 0.3) is 0 Å². The van der Waals surface area contributed by atoms with Crippen LogP contribution in [-0.4, -0.2) is 27.2 Å². The van der Waals surface area contributed by atoms with Gasteiger partial charge in [-0.3, -0.25) is 0 Å². The van der Waals surface area contributed by atoms with Crippen molar-refractivity contribution in [3.63, 3.8) is 0 Å². The molecule has 0 aliphatic carbocycles. The minimum absolute atomic E-state index is 0.486. The van der Waals surface area contributed by atoms with Gasteiger partial charge in [-0.05, 0) is 24.6 Å². The number of ether oxygens (including phenoxy) is 1. The first-order chi connectivity index (χ1) is 7.19. The van der Waals surface area contributed by atoms with Gasteiger partial charge in [0.2, 0.25) is 0 Å². The molecule has 0 amide bonds. The summed E-state index contributed by atoms with van der Waals surface area (Å²) in [6.07, 6.45) is 0. The molecule has 0 fully saturated rings. The van der Waals surface area contributed by atoms with Crippen molar-refractivity contribution < 1.29 is 4.74 Å². The van der Waals surface area contributed by atoms with Crippen LogP contribution in [0.25, 0.3) is 0 Å². The second kappa shape index (κ2) is 5.61. The number of para-hydroxylation sites is 2. The molecule has 1 aromatic carbocycles. The summed E-state index contributed by atoms with van der Waals surface area (Å²) in [7, 11) is 3.75. The zero-order valence-corrected chi connectivity index (χ0v) is 9.73. The second-order valence-electron chi connectivity index (χ2n) is 3.89. The van der Waals surface area contributed by atoms with E-state index in [0.717, 1.165) is 18.0 Å². The molecule has 0 heterocycles. The molecule has 0 aliphatic rings. The fraction of sp³-hybridized carbons (Fsp3) is 0.500. The van der Waals surface area contributed by atoms with E-state index in [-0.39, 0.29) is 0 Å². The van der Waals surface area contributed by atoms with Crippen LogP contribution in [0, 0.1) is 5.92 Å². The Bertz CT molecular complexity index is 301. The SMILES string of the molecule is COc1ccccc1N(C)CC(C)CN. The number of anilines is 1. The van der Waals surface area contributed by atoms with Crippen molar-refractivity contribution in [2.75, 3.05) is 32.1 Å². The molecular formula is C12H20N2O. The third kappa shape index (κ3) is 3.13. The summed E-state index contributed by atoms with van der Waals surface area (Å²) in [6, 6.07) is 8.02. The first-order valence-corrected chi connectivity index (χ1v) is 5.23. The molecule has 1 aromatic rings. The topological polar surface area (TPSA) is 38.5 Å². The first-order valence-electron chi connectivity index (χ1n) is 5.23. The van der Waals surface area contributed by atoms with E-state index < -0.39 is 0 Å². The number of nitrogens with zero attached hydrogens (tertiary/aromatic N) is 1. The Labute approximate surface area is 91.8 Å². The number of benzene rings is 1. The van der Waals surface area contributed by atoms with E-state index >= 15 is 0 Å². The largest absolute Gasteiger partial charge is 0.495 e. The van der Waals surface area contributed by atoms with E-state index in [0.29, 0.717) is 12.5 Å². The number of nitrogens with two attached hydrogens (primary N) is 1. The summed E-state index contributed by atoms with van der Waals surface area (Å²) in [4.78, 5) is 2.18. The van der Waals surface area contributed by atoms with Gasteiger partial charge in [-0.1, -0.05) is 19.1 Å². The van der Waals surface area contributed by atoms with Crippen LogP contribution in [0.5, 0.6) is 5.75 Å². The maximum absolute atomic E-state index is 5.61. The third-order valence-electron chi connectivity index (χ3n) is 2.48. The molecule has 0 aromatic heterocycles. The van der Waals surface area contributed by atoms with Crippen LogP contribution in [0.1, 0.15) is 6.92 Å². The van der Waals surface area contributed by atoms with Crippen LogP contribution in [0.2, 0.25) is 0 Å². The zero-order chi connectivity index (χ0) is 11.3. The molecule has 0 radical (unpaired) electrons. The van der Waals surface area contributed by atoms with E-state index in [4.69, 9.17) is 10.5 Å². The molecule has 1 rings (SSSR count). The summed E-state index contributed by atoms with van der Waals surface area (Å²) < 4.78 is 5.31. The molecule has 3 nitrogen and oxygen atoms in total. The standard InChI is InChI=1S/C12H20N2O/c1-10(8-13)9-14(2)11-6-4-5-7-12(11)15-3/h4-7,10H,8-9,13H2,1-3H3. The molecule has 84 valence electrons. The van der Waals surface area contributed by atoms with Crippen molar-refractivity contribution in [1.82, 2.24) is 0 Å². The van der Waals surface area contributed by atoms with Crippen molar-refractivity contribution in [3.05, 3.63) is 24.3 Å². The summed E-state index contributed by atoms with van der Waals surface area (Å²) >= 11 is 0. The Hall–Kier alpha value is -1.22. The number of hydrogen-bond acceptors (Lipinski definition) is 3. The van der Waals surface area contributed by atoms with Crippen molar-refractivity contribution in [1.29, 1.82) is 0 Å². The maximum Gasteiger partial charge on any atom is 0.142 e. The van der Waals surface area contributed by atoms with Gasteiger partial charge in [0.05, 0.1) is 12.8 Å². The number of hydrogen-bond donors (Lipinski definition) is 1. The highest BCUT2D eigenvalue weighted by molar-refractivity contribution is 5.57. The minimum Gasteiger partial charge on any atom is -0.495 e. The first kappa shape index (κ1) is 11.9. The quantitative estimate of drug-likeness (QED) is 0.801. The van der Waals surface area contributed by atoms with E-state index in [9.17, 15) is 0 Å². The Morgan fingerprint density at radius 1 is 1.40 bits per heavy atom. The highest BCUT2D eigenvalue weighted by atomic mass is 16.5. The van der Waals surface area contributed by atoms with Gasteiger partial charge < -0.3 is 15.4 Å². The minimum atomic E-state index is 0.486. The van der Waals surface area contributed by atoms with Gasteiger partial charge in [0.15, 0.2) is 0 Å². The Morgan fingerprint density at radius 2 is 2.07 bits per heavy atom. The van der Waals surface area contributed by atoms with Gasteiger partial charge in [-0.15, -0.1) is 0 Å². The third-order valence-corrected chi connectivity index (χ3v) is 2.48. The predicted molar refractivity (Wildman–Crippen MR) is 64.5 cm³/mol. The highest BCUT2D eigenvalue weighted by Crippen LogP contribution is 2.26. The monoisotopic (exact) mass is 208 g/mol. The predicted octanol–water partition coefficient (Wildman–Crippen LogP) is 1.73. The fourth-order valence-corrected chi connectivity index (χ4v) is 1.59. The Kier molecular flexibility index (Phi) is 4.43. The van der Waals surface area contributed by atoms with Gasteiger partial charge in [0.1, 0.15) is 5.75 Å². The number of methoxy groups -OCH3 is 1. The van der Waals surface area contributed by atoms with Crippen LogP contribution in [-0.2, 0) is 0 Å². The maximum atomic E-state index is 5.61. The lowest BCUT2D eigenvalue weighted by Crippen LogP contribution is -2.28. The van der Waals surface area contributed by atoms with Crippen LogP contribution in [0.15, 0.2) is 24.3 Å². The van der Waals surface area contributed by atoms with E-state index in [1.54, 1.807) is 7.11 Å². The Morgan fingerprint density at radius 3 is 2.67 bits per heavy atom. The molecule has 15 heavy (non-hydrogen) atoms. The van der Waals surface area contributed by atoms with Crippen molar-refractivity contribution in [2.45, 2.75) is 6.92 Å². The zero-order valence-electron chi connectivity index (χ0n) is 9.73. The lowest BCUT2D eigenvalue weighted by atomic mass is 10.1. The molecular weight excluding hydrogens is 188 g/mol. The van der Waals surface area contributed by atoms with Gasteiger partial charge in [-0.2, -0.15) is 0 Å². The summed E-state index contributed by atoms with van der Waals surface area (Å²) in [6.45, 7) is 3.79.